The van der Waals surface area contributed by atoms with E-state index in [1.165, 1.54) is 11.1 Å². The minimum absolute atomic E-state index is 0.112. The summed E-state index contributed by atoms with van der Waals surface area (Å²) in [4.78, 5) is 22.8. The minimum atomic E-state index is -0.828. The Kier molecular flexibility index (Phi) is 4.24. The lowest BCUT2D eigenvalue weighted by atomic mass is 9.73. The van der Waals surface area contributed by atoms with E-state index in [4.69, 9.17) is 0 Å². The van der Waals surface area contributed by atoms with Crippen LogP contribution in [0.15, 0.2) is 42.7 Å². The van der Waals surface area contributed by atoms with E-state index >= 15 is 0 Å². The summed E-state index contributed by atoms with van der Waals surface area (Å²) in [6, 6.07) is 12.4. The molecule has 1 aliphatic carbocycles. The number of amides is 1. The van der Waals surface area contributed by atoms with Gasteiger partial charge in [0.2, 0.25) is 0 Å². The summed E-state index contributed by atoms with van der Waals surface area (Å²) in [7, 11) is 0. The molecule has 2 aromatic carbocycles. The van der Waals surface area contributed by atoms with Crippen LogP contribution in [0.2, 0.25) is 0 Å². The highest BCUT2D eigenvalue weighted by Crippen LogP contribution is 2.42. The Morgan fingerprint density at radius 2 is 2.07 bits per heavy atom. The standard InChI is InChI=1S/C24H27N3O2/c1-24(2,29)17-7-8-18-15(12-17)6-10-22-19(18)4-3-11-27(22)23(28)16-5-9-20-21(13-16)26-14-25-20/h5,7-9,12-14,19,22,29H,3-4,6,10-11H2,1-2H3,(H,25,26)/t19-,22+/m0/s1. The van der Waals surface area contributed by atoms with E-state index in [0.717, 1.165) is 48.8 Å². The molecule has 3 aromatic rings. The average Bonchev–Trinajstić information content (AvgIpc) is 3.19. The van der Waals surface area contributed by atoms with Gasteiger partial charge in [-0.1, -0.05) is 18.2 Å². The fourth-order valence-electron chi connectivity index (χ4n) is 5.13. The molecule has 5 heteroatoms. The molecule has 1 amide bonds. The van der Waals surface area contributed by atoms with Crippen molar-refractivity contribution in [2.45, 2.75) is 57.1 Å². The second-order valence-corrected chi connectivity index (χ2v) is 8.96. The molecule has 1 saturated heterocycles. The van der Waals surface area contributed by atoms with E-state index in [1.807, 2.05) is 38.1 Å². The van der Waals surface area contributed by atoms with Gasteiger partial charge in [0.1, 0.15) is 0 Å². The Morgan fingerprint density at radius 3 is 2.90 bits per heavy atom. The fourth-order valence-corrected chi connectivity index (χ4v) is 5.13. The zero-order valence-corrected chi connectivity index (χ0v) is 17.0. The number of carbonyl (C=O) groups excluding carboxylic acids is 1. The second-order valence-electron chi connectivity index (χ2n) is 8.96. The molecule has 2 atom stereocenters. The maximum atomic E-state index is 13.4. The summed E-state index contributed by atoms with van der Waals surface area (Å²) < 4.78 is 0. The third-order valence-corrected chi connectivity index (χ3v) is 6.67. The molecule has 1 fully saturated rings. The molecule has 0 saturated carbocycles. The SMILES string of the molecule is CC(C)(O)c1ccc2c(c1)CC[C@@H]1[C@H]2CCCN1C(=O)c1ccc2[nH]cnc2c1. The van der Waals surface area contributed by atoms with Crippen LogP contribution >= 0.6 is 0 Å². The van der Waals surface area contributed by atoms with Crippen molar-refractivity contribution in [1.82, 2.24) is 14.9 Å². The van der Waals surface area contributed by atoms with E-state index < -0.39 is 5.60 Å². The highest BCUT2D eigenvalue weighted by molar-refractivity contribution is 5.97. The monoisotopic (exact) mass is 389 g/mol. The van der Waals surface area contributed by atoms with Crippen molar-refractivity contribution in [3.8, 4) is 0 Å². The van der Waals surface area contributed by atoms with Gasteiger partial charge < -0.3 is 15.0 Å². The Labute approximate surface area is 170 Å². The van der Waals surface area contributed by atoms with Gasteiger partial charge in [0, 0.05) is 24.1 Å². The maximum absolute atomic E-state index is 13.4. The molecule has 1 aliphatic heterocycles. The van der Waals surface area contributed by atoms with Crippen LogP contribution in [0.5, 0.6) is 0 Å². The first kappa shape index (κ1) is 18.4. The zero-order valence-electron chi connectivity index (χ0n) is 17.0. The summed E-state index contributed by atoms with van der Waals surface area (Å²) in [5.74, 6) is 0.489. The summed E-state index contributed by atoms with van der Waals surface area (Å²) in [5, 5.41) is 10.4. The molecular formula is C24H27N3O2. The molecule has 0 spiro atoms. The van der Waals surface area contributed by atoms with Crippen LogP contribution < -0.4 is 0 Å². The lowest BCUT2D eigenvalue weighted by molar-refractivity contribution is 0.0546. The largest absolute Gasteiger partial charge is 0.386 e. The van der Waals surface area contributed by atoms with Gasteiger partial charge in [-0.25, -0.2) is 4.98 Å². The first-order valence-electron chi connectivity index (χ1n) is 10.5. The highest BCUT2D eigenvalue weighted by Gasteiger charge is 2.39. The van der Waals surface area contributed by atoms with Crippen LogP contribution in [0.3, 0.4) is 0 Å². The molecule has 2 aliphatic rings. The number of likely N-dealkylation sites (tertiary alicyclic amines) is 1. The van der Waals surface area contributed by atoms with Crippen LogP contribution in [0.1, 0.15) is 66.1 Å². The number of aliphatic hydroxyl groups is 1. The van der Waals surface area contributed by atoms with E-state index in [1.54, 1.807) is 6.33 Å². The number of nitrogens with zero attached hydrogens (tertiary/aromatic N) is 2. The molecule has 29 heavy (non-hydrogen) atoms. The Bertz CT molecular complexity index is 1080. The van der Waals surface area contributed by atoms with E-state index in [-0.39, 0.29) is 11.9 Å². The van der Waals surface area contributed by atoms with Crippen molar-refractivity contribution in [2.75, 3.05) is 6.54 Å². The van der Waals surface area contributed by atoms with Crippen LogP contribution in [-0.4, -0.2) is 38.5 Å². The van der Waals surface area contributed by atoms with Crippen LogP contribution in [0, 0.1) is 0 Å². The van der Waals surface area contributed by atoms with Gasteiger partial charge in [0.15, 0.2) is 0 Å². The van der Waals surface area contributed by atoms with Crippen molar-refractivity contribution in [3.05, 3.63) is 65.0 Å². The van der Waals surface area contributed by atoms with Gasteiger partial charge in [-0.2, -0.15) is 0 Å². The Balaban J connectivity index is 1.45. The number of hydrogen-bond donors (Lipinski definition) is 2. The van der Waals surface area contributed by atoms with Gasteiger partial charge in [-0.15, -0.1) is 0 Å². The number of aromatic nitrogens is 2. The third kappa shape index (κ3) is 3.14. The van der Waals surface area contributed by atoms with Crippen LogP contribution in [0.4, 0.5) is 0 Å². The number of H-pyrrole nitrogens is 1. The van der Waals surface area contributed by atoms with Crippen LogP contribution in [-0.2, 0) is 12.0 Å². The molecule has 5 nitrogen and oxygen atoms in total. The van der Waals surface area contributed by atoms with E-state index in [0.29, 0.717) is 11.5 Å². The number of piperidine rings is 1. The average molecular weight is 389 g/mol. The van der Waals surface area contributed by atoms with Gasteiger partial charge >= 0.3 is 0 Å². The van der Waals surface area contributed by atoms with Gasteiger partial charge in [-0.3, -0.25) is 4.79 Å². The first-order valence-corrected chi connectivity index (χ1v) is 10.5. The fraction of sp³-hybridized carbons (Fsp3) is 0.417. The molecule has 0 unspecified atom stereocenters. The quantitative estimate of drug-likeness (QED) is 0.693. The number of aromatic amines is 1. The summed E-state index contributed by atoms with van der Waals surface area (Å²) in [6.07, 6.45) is 5.72. The van der Waals surface area contributed by atoms with E-state index in [9.17, 15) is 9.90 Å². The number of hydrogen-bond acceptors (Lipinski definition) is 3. The molecular weight excluding hydrogens is 362 g/mol. The second kappa shape index (κ2) is 6.70. The number of nitrogens with one attached hydrogen (secondary N) is 1. The Hall–Kier alpha value is -2.66. The van der Waals surface area contributed by atoms with E-state index in [2.05, 4.69) is 27.0 Å². The lowest BCUT2D eigenvalue weighted by Gasteiger charge is -2.45. The number of imidazole rings is 1. The number of fused-ring (bicyclic) bond motifs is 4. The normalized spacial score (nSPS) is 21.7. The summed E-state index contributed by atoms with van der Waals surface area (Å²) in [6.45, 7) is 4.48. The minimum Gasteiger partial charge on any atom is -0.386 e. The Morgan fingerprint density at radius 1 is 1.21 bits per heavy atom. The number of aryl methyl sites for hydroxylation is 1. The van der Waals surface area contributed by atoms with Crippen LogP contribution in [0.25, 0.3) is 11.0 Å². The number of rotatable bonds is 2. The first-order chi connectivity index (χ1) is 13.9. The van der Waals surface area contributed by atoms with Crippen molar-refractivity contribution in [3.63, 3.8) is 0 Å². The van der Waals surface area contributed by atoms with Crippen molar-refractivity contribution < 1.29 is 9.90 Å². The number of carbonyl (C=O) groups is 1. The molecule has 0 bridgehead atoms. The molecule has 5 rings (SSSR count). The van der Waals surface area contributed by atoms with Gasteiger partial charge in [0.05, 0.1) is 23.0 Å². The predicted octanol–water partition coefficient (Wildman–Crippen LogP) is 4.12. The van der Waals surface area contributed by atoms with Crippen molar-refractivity contribution in [1.29, 1.82) is 0 Å². The van der Waals surface area contributed by atoms with Crippen molar-refractivity contribution in [2.24, 2.45) is 0 Å². The van der Waals surface area contributed by atoms with Gasteiger partial charge in [-0.05, 0) is 74.4 Å². The molecule has 0 radical (unpaired) electrons. The maximum Gasteiger partial charge on any atom is 0.254 e. The molecule has 2 N–H and O–H groups in total. The molecule has 2 heterocycles. The summed E-state index contributed by atoms with van der Waals surface area (Å²) in [5.41, 5.74) is 5.32. The van der Waals surface area contributed by atoms with Crippen molar-refractivity contribution >= 4 is 16.9 Å². The highest BCUT2D eigenvalue weighted by atomic mass is 16.3. The number of benzene rings is 2. The molecule has 150 valence electrons. The van der Waals surface area contributed by atoms with Gasteiger partial charge in [0.25, 0.3) is 5.91 Å². The zero-order chi connectivity index (χ0) is 20.2. The lowest BCUT2D eigenvalue weighted by Crippen LogP contribution is -2.49. The topological polar surface area (TPSA) is 69.2 Å². The predicted molar refractivity (Wildman–Crippen MR) is 113 cm³/mol. The smallest absolute Gasteiger partial charge is 0.254 e. The molecule has 1 aromatic heterocycles. The summed E-state index contributed by atoms with van der Waals surface area (Å²) >= 11 is 0. The third-order valence-electron chi connectivity index (χ3n) is 6.67.